The first kappa shape index (κ1) is 28.2. The summed E-state index contributed by atoms with van der Waals surface area (Å²) in [5.74, 6) is 2.25. The second-order valence-electron chi connectivity index (χ2n) is 9.65. The van der Waals surface area contributed by atoms with Crippen LogP contribution in [-0.4, -0.2) is 35.3 Å². The molecular weight excluding hydrogens is 604 g/mol. The third-order valence-electron chi connectivity index (χ3n) is 7.36. The number of nitrogens with zero attached hydrogens (tertiary/aromatic N) is 2. The largest absolute Gasteiger partial charge is 3.00 e. The Morgan fingerprint density at radius 3 is 2.03 bits per heavy atom. The van der Waals surface area contributed by atoms with Crippen LogP contribution >= 0.6 is 8.07 Å². The molecule has 0 radical (unpaired) electrons. The molecule has 2 aliphatic heterocycles. The SMILES string of the molecule is Cc1ccccc1[PH+](c1ccccc1C)N1C(C2=N[C@@H](C(C)C)CO2)[C@@H]2CC[C@H]1C2.[CH3-].[CH3-].[Ir+3]. The summed E-state index contributed by atoms with van der Waals surface area (Å²) in [7, 11) is -1.12. The van der Waals surface area contributed by atoms with Gasteiger partial charge in [-0.15, -0.1) is 0 Å². The third kappa shape index (κ3) is 5.15. The van der Waals surface area contributed by atoms with Gasteiger partial charge in [-0.2, -0.15) is 4.67 Å². The van der Waals surface area contributed by atoms with E-state index in [1.165, 1.54) is 41.0 Å². The van der Waals surface area contributed by atoms with Gasteiger partial charge in [0.05, 0.1) is 6.04 Å². The van der Waals surface area contributed by atoms with Crippen molar-refractivity contribution in [1.82, 2.24) is 4.67 Å². The van der Waals surface area contributed by atoms with Crippen LogP contribution in [0.4, 0.5) is 0 Å². The predicted molar refractivity (Wildman–Crippen MR) is 142 cm³/mol. The summed E-state index contributed by atoms with van der Waals surface area (Å²) < 4.78 is 9.18. The van der Waals surface area contributed by atoms with Crippen molar-refractivity contribution in [3.8, 4) is 0 Å². The van der Waals surface area contributed by atoms with Crippen molar-refractivity contribution >= 4 is 24.6 Å². The minimum absolute atomic E-state index is 0. The molecule has 1 unspecified atom stereocenters. The van der Waals surface area contributed by atoms with Crippen molar-refractivity contribution in [3.63, 3.8) is 0 Å². The van der Waals surface area contributed by atoms with E-state index in [9.17, 15) is 0 Å². The van der Waals surface area contributed by atoms with Crippen LogP contribution in [0, 0.1) is 40.5 Å². The molecule has 2 bridgehead atoms. The van der Waals surface area contributed by atoms with Gasteiger partial charge in [-0.1, -0.05) is 50.2 Å². The predicted octanol–water partition coefficient (Wildman–Crippen LogP) is 5.59. The van der Waals surface area contributed by atoms with E-state index in [-0.39, 0.29) is 35.0 Å². The Balaban J connectivity index is 0.00000128. The van der Waals surface area contributed by atoms with E-state index in [0.717, 1.165) is 12.5 Å². The fourth-order valence-electron chi connectivity index (χ4n) is 5.64. The summed E-state index contributed by atoms with van der Waals surface area (Å²) in [4.78, 5) is 5.12. The zero-order chi connectivity index (χ0) is 20.8. The third-order valence-corrected chi connectivity index (χ3v) is 10.7. The van der Waals surface area contributed by atoms with Crippen molar-refractivity contribution in [1.29, 1.82) is 0 Å². The van der Waals surface area contributed by atoms with Gasteiger partial charge in [0.1, 0.15) is 31.3 Å². The first-order valence-electron chi connectivity index (χ1n) is 11.5. The Morgan fingerprint density at radius 1 is 0.939 bits per heavy atom. The Hall–Kier alpha value is -1.05. The summed E-state index contributed by atoms with van der Waals surface area (Å²) in [6.07, 6.45) is 3.93. The van der Waals surface area contributed by atoms with E-state index in [4.69, 9.17) is 9.73 Å². The van der Waals surface area contributed by atoms with Crippen LogP contribution in [0.25, 0.3) is 0 Å². The minimum atomic E-state index is -1.12. The summed E-state index contributed by atoms with van der Waals surface area (Å²) in [5.41, 5.74) is 2.82. The van der Waals surface area contributed by atoms with Gasteiger partial charge in [0.2, 0.25) is 5.90 Å². The molecule has 180 valence electrons. The van der Waals surface area contributed by atoms with Crippen LogP contribution in [0.3, 0.4) is 0 Å². The number of aryl methyl sites for hydroxylation is 2. The fourth-order valence-corrected chi connectivity index (χ4v) is 9.11. The van der Waals surface area contributed by atoms with Gasteiger partial charge in [0.15, 0.2) is 0 Å². The number of piperidine rings is 1. The van der Waals surface area contributed by atoms with Gasteiger partial charge in [0, 0.05) is 6.04 Å². The molecule has 1 aliphatic carbocycles. The average Bonchev–Trinajstić information content (AvgIpc) is 3.47. The van der Waals surface area contributed by atoms with Crippen LogP contribution in [-0.2, 0) is 24.8 Å². The smallest absolute Gasteiger partial charge is 0.477 e. The van der Waals surface area contributed by atoms with Crippen molar-refractivity contribution in [2.75, 3.05) is 6.61 Å². The van der Waals surface area contributed by atoms with Crippen molar-refractivity contribution in [3.05, 3.63) is 74.5 Å². The quantitative estimate of drug-likeness (QED) is 0.314. The molecule has 5 heteroatoms. The van der Waals surface area contributed by atoms with Gasteiger partial charge in [-0.3, -0.25) is 0 Å². The molecule has 5 rings (SSSR count). The van der Waals surface area contributed by atoms with Crippen LogP contribution in [0.2, 0.25) is 0 Å². The maximum absolute atomic E-state index is 6.30. The van der Waals surface area contributed by atoms with Gasteiger partial charge in [-0.25, -0.2) is 4.99 Å². The topological polar surface area (TPSA) is 24.8 Å². The number of aliphatic imine (C=N–C) groups is 1. The second kappa shape index (κ2) is 11.6. The van der Waals surface area contributed by atoms with Gasteiger partial charge in [0.25, 0.3) is 0 Å². The van der Waals surface area contributed by atoms with Gasteiger partial charge >= 0.3 is 20.1 Å². The number of ether oxygens (including phenoxy) is 1. The molecule has 3 nitrogen and oxygen atoms in total. The van der Waals surface area contributed by atoms with E-state index in [0.29, 0.717) is 30.0 Å². The zero-order valence-electron chi connectivity index (χ0n) is 21.0. The second-order valence-corrected chi connectivity index (χ2v) is 11.9. The molecule has 1 saturated carbocycles. The Bertz CT molecular complexity index is 917. The summed E-state index contributed by atoms with van der Waals surface area (Å²) in [5, 5.41) is 3.04. The van der Waals surface area contributed by atoms with Crippen LogP contribution < -0.4 is 10.6 Å². The first-order valence-corrected chi connectivity index (χ1v) is 13.0. The van der Waals surface area contributed by atoms with Gasteiger partial charge < -0.3 is 19.6 Å². The van der Waals surface area contributed by atoms with Crippen molar-refractivity contribution in [2.24, 2.45) is 16.8 Å². The number of fused-ring (bicyclic) bond motifs is 2. The molecule has 0 N–H and O–H groups in total. The molecule has 2 heterocycles. The number of rotatable bonds is 5. The molecular formula is C28H40IrN2OP+2. The minimum Gasteiger partial charge on any atom is -0.477 e. The Morgan fingerprint density at radius 2 is 1.52 bits per heavy atom. The molecule has 0 aromatic heterocycles. The number of benzene rings is 2. The normalized spacial score (nSPS) is 25.8. The molecule has 3 aliphatic rings. The van der Waals surface area contributed by atoms with Crippen molar-refractivity contribution < 1.29 is 24.8 Å². The number of hydrogen-bond donors (Lipinski definition) is 0. The van der Waals surface area contributed by atoms with Crippen LogP contribution in [0.5, 0.6) is 0 Å². The zero-order valence-corrected chi connectivity index (χ0v) is 24.4. The first-order chi connectivity index (χ1) is 14.5. The van der Waals surface area contributed by atoms with Crippen molar-refractivity contribution in [2.45, 2.75) is 65.1 Å². The molecule has 33 heavy (non-hydrogen) atoms. The standard InChI is InChI=1S/C26H33N2OP.2CH3.Ir/c1-17(2)22-16-29-26(27-22)25-20-13-14-21(15-20)28(25)30(23-11-7-5-9-18(23)3)24-12-8-6-10-19(24)4;;;/h5-12,17,20-22,25H,13-16H2,1-4H3;2*1H3;/q;2*-1;+3/p+1/t20-,21+,22-,25?;;;/m1.../s1. The summed E-state index contributed by atoms with van der Waals surface area (Å²) in [6, 6.07) is 19.4. The van der Waals surface area contributed by atoms with E-state index >= 15 is 0 Å². The van der Waals surface area contributed by atoms with Gasteiger partial charge in [-0.05, 0) is 68.2 Å². The monoisotopic (exact) mass is 644 g/mol. The molecule has 2 aromatic rings. The Kier molecular flexibility index (Phi) is 9.90. The molecule has 0 amide bonds. The fraction of sp³-hybridized carbons (Fsp3) is 0.464. The Labute approximate surface area is 216 Å². The van der Waals surface area contributed by atoms with Crippen LogP contribution in [0.1, 0.15) is 44.2 Å². The molecule has 1 saturated heterocycles. The van der Waals surface area contributed by atoms with E-state index in [1.807, 2.05) is 0 Å². The summed E-state index contributed by atoms with van der Waals surface area (Å²) >= 11 is 0. The van der Waals surface area contributed by atoms with Crippen LogP contribution in [0.15, 0.2) is 53.5 Å². The molecule has 0 spiro atoms. The van der Waals surface area contributed by atoms with E-state index in [2.05, 4.69) is 80.9 Å². The van der Waals surface area contributed by atoms with E-state index in [1.54, 1.807) is 0 Å². The number of hydrogen-bond acceptors (Lipinski definition) is 3. The molecule has 2 aromatic carbocycles. The maximum atomic E-state index is 6.30. The average molecular weight is 644 g/mol. The van der Waals surface area contributed by atoms with E-state index < -0.39 is 8.07 Å². The maximum Gasteiger partial charge on any atom is 3.00 e. The molecule has 2 fully saturated rings. The molecule has 4 atom stereocenters. The summed E-state index contributed by atoms with van der Waals surface area (Å²) in [6.45, 7) is 9.83.